The van der Waals surface area contributed by atoms with Crippen LogP contribution in [0.5, 0.6) is 0 Å². The van der Waals surface area contributed by atoms with Crippen molar-refractivity contribution in [2.45, 2.75) is 4.21 Å². The Morgan fingerprint density at radius 2 is 2.56 bits per heavy atom. The van der Waals surface area contributed by atoms with E-state index in [2.05, 4.69) is 9.71 Å². The number of nitrogens with one attached hydrogen (secondary N) is 1. The number of fused-ring (bicyclic) bond motifs is 1. The van der Waals surface area contributed by atoms with Gasteiger partial charge in [-0.05, 0) is 18.0 Å². The Kier molecular flexibility index (Phi) is 1.20. The Morgan fingerprint density at radius 1 is 1.56 bits per heavy atom. The first-order chi connectivity index (χ1) is 4.47. The van der Waals surface area contributed by atoms with E-state index in [1.165, 1.54) is 4.21 Å². The van der Waals surface area contributed by atoms with Crippen LogP contribution in [0.4, 0.5) is 0 Å². The largest absolute Gasteiger partial charge is 0.332 e. The number of aromatic nitrogens is 1. The molecular weight excluding hydrogens is 152 g/mol. The lowest BCUT2D eigenvalue weighted by molar-refractivity contribution is 1.28. The summed E-state index contributed by atoms with van der Waals surface area (Å²) >= 11 is 3.28. The fourth-order valence-electron chi connectivity index (χ4n) is 0.632. The predicted molar refractivity (Wildman–Crippen MR) is 40.1 cm³/mol. The number of hydrogen-bond donors (Lipinski definition) is 1. The van der Waals surface area contributed by atoms with Crippen LogP contribution in [-0.2, 0) is 0 Å². The van der Waals surface area contributed by atoms with Gasteiger partial charge in [-0.3, -0.25) is 0 Å². The Bertz CT molecular complexity index is 241. The molecule has 1 aliphatic heterocycles. The monoisotopic (exact) mass is 156 g/mol. The standard InChI is InChI=1S/C5H4N2S2/c1-2-7-9-5-4(1)6-3-8-5/h1-3,7H. The molecule has 46 valence electrons. The molecular formula is C5H4N2S2. The lowest BCUT2D eigenvalue weighted by Gasteiger charge is -2.01. The summed E-state index contributed by atoms with van der Waals surface area (Å²) in [6, 6.07) is 0. The summed E-state index contributed by atoms with van der Waals surface area (Å²) < 4.78 is 4.28. The molecule has 0 atom stereocenters. The summed E-state index contributed by atoms with van der Waals surface area (Å²) in [6.45, 7) is 0. The maximum atomic E-state index is 4.13. The summed E-state index contributed by atoms with van der Waals surface area (Å²) in [4.78, 5) is 4.13. The molecule has 0 saturated carbocycles. The van der Waals surface area contributed by atoms with Crippen LogP contribution in [0.15, 0.2) is 15.9 Å². The van der Waals surface area contributed by atoms with Crippen LogP contribution >= 0.6 is 23.3 Å². The van der Waals surface area contributed by atoms with Gasteiger partial charge < -0.3 is 4.72 Å². The summed E-state index contributed by atoms with van der Waals surface area (Å²) in [5, 5.41) is 0. The highest BCUT2D eigenvalue weighted by molar-refractivity contribution is 7.99. The molecule has 0 amide bonds. The molecule has 0 aliphatic carbocycles. The summed E-state index contributed by atoms with van der Waals surface area (Å²) in [7, 11) is 0. The van der Waals surface area contributed by atoms with Gasteiger partial charge >= 0.3 is 0 Å². The lowest BCUT2D eigenvalue weighted by Crippen LogP contribution is -1.94. The van der Waals surface area contributed by atoms with Gasteiger partial charge in [0, 0.05) is 6.20 Å². The molecule has 0 unspecified atom stereocenters. The highest BCUT2D eigenvalue weighted by atomic mass is 32.2. The molecule has 2 rings (SSSR count). The van der Waals surface area contributed by atoms with Gasteiger partial charge in [0.15, 0.2) is 0 Å². The van der Waals surface area contributed by atoms with Crippen molar-refractivity contribution in [2.75, 3.05) is 0 Å². The van der Waals surface area contributed by atoms with Crippen molar-refractivity contribution in [3.05, 3.63) is 17.4 Å². The highest BCUT2D eigenvalue weighted by Crippen LogP contribution is 2.27. The Hall–Kier alpha value is -0.480. The van der Waals surface area contributed by atoms with Crippen LogP contribution in [0, 0.1) is 0 Å². The Morgan fingerprint density at radius 3 is 3.44 bits per heavy atom. The first-order valence-corrected chi connectivity index (χ1v) is 4.19. The van der Waals surface area contributed by atoms with Crippen LogP contribution < -0.4 is 4.72 Å². The van der Waals surface area contributed by atoms with E-state index in [1.807, 2.05) is 17.8 Å². The summed E-state index contributed by atoms with van der Waals surface area (Å²) in [6.07, 6.45) is 3.87. The predicted octanol–water partition coefficient (Wildman–Crippen LogP) is 1.72. The summed E-state index contributed by atoms with van der Waals surface area (Å²) in [5.41, 5.74) is 2.94. The molecule has 2 heterocycles. The fourth-order valence-corrected chi connectivity index (χ4v) is 2.07. The van der Waals surface area contributed by atoms with E-state index in [1.54, 1.807) is 23.3 Å². The molecule has 0 spiro atoms. The average molecular weight is 156 g/mol. The van der Waals surface area contributed by atoms with Crippen molar-refractivity contribution in [2.24, 2.45) is 0 Å². The van der Waals surface area contributed by atoms with Crippen LogP contribution in [0.3, 0.4) is 0 Å². The van der Waals surface area contributed by atoms with Crippen molar-refractivity contribution in [3.63, 3.8) is 0 Å². The van der Waals surface area contributed by atoms with Gasteiger partial charge in [0.05, 0.1) is 11.2 Å². The van der Waals surface area contributed by atoms with Crippen molar-refractivity contribution in [1.82, 2.24) is 9.71 Å². The van der Waals surface area contributed by atoms with Crippen molar-refractivity contribution in [3.8, 4) is 0 Å². The number of rotatable bonds is 0. The maximum absolute atomic E-state index is 4.13. The molecule has 1 aromatic heterocycles. The number of hydrogen-bond acceptors (Lipinski definition) is 4. The van der Waals surface area contributed by atoms with Crippen molar-refractivity contribution in [1.29, 1.82) is 0 Å². The lowest BCUT2D eigenvalue weighted by atomic mass is 10.5. The topological polar surface area (TPSA) is 24.9 Å². The molecule has 0 bridgehead atoms. The van der Waals surface area contributed by atoms with Gasteiger partial charge in [0.2, 0.25) is 0 Å². The average Bonchev–Trinajstić information content (AvgIpc) is 2.33. The molecule has 1 aliphatic rings. The van der Waals surface area contributed by atoms with Gasteiger partial charge in [-0.1, -0.05) is 0 Å². The molecule has 0 radical (unpaired) electrons. The third kappa shape index (κ3) is 0.840. The quantitative estimate of drug-likeness (QED) is 0.579. The molecule has 1 N–H and O–H groups in total. The number of thiazole rings is 1. The van der Waals surface area contributed by atoms with Gasteiger partial charge in [0.25, 0.3) is 0 Å². The molecule has 0 aromatic carbocycles. The zero-order chi connectivity index (χ0) is 6.10. The van der Waals surface area contributed by atoms with E-state index < -0.39 is 0 Å². The van der Waals surface area contributed by atoms with Crippen LogP contribution in [0.25, 0.3) is 6.08 Å². The first kappa shape index (κ1) is 5.32. The van der Waals surface area contributed by atoms with Crippen LogP contribution in [0.1, 0.15) is 5.69 Å². The maximum Gasteiger partial charge on any atom is 0.108 e. The Labute approximate surface area is 61.1 Å². The molecule has 4 heteroatoms. The SMILES string of the molecule is C1=Cc2ncsc2SN1. The summed E-state index contributed by atoms with van der Waals surface area (Å²) in [5.74, 6) is 0. The molecule has 9 heavy (non-hydrogen) atoms. The smallest absolute Gasteiger partial charge is 0.108 e. The highest BCUT2D eigenvalue weighted by Gasteiger charge is 2.05. The first-order valence-electron chi connectivity index (χ1n) is 2.49. The third-order valence-corrected chi connectivity index (χ3v) is 2.84. The van der Waals surface area contributed by atoms with Gasteiger partial charge in [-0.2, -0.15) is 0 Å². The normalized spacial score (nSPS) is 14.7. The minimum Gasteiger partial charge on any atom is -0.332 e. The minimum absolute atomic E-state index is 1.09. The molecule has 0 fully saturated rings. The van der Waals surface area contributed by atoms with E-state index in [-0.39, 0.29) is 0 Å². The third-order valence-electron chi connectivity index (χ3n) is 1.02. The second kappa shape index (κ2) is 2.04. The fraction of sp³-hybridized carbons (Fsp3) is 0. The van der Waals surface area contributed by atoms with Crippen LogP contribution in [-0.4, -0.2) is 4.98 Å². The Balaban J connectivity index is 2.53. The van der Waals surface area contributed by atoms with E-state index >= 15 is 0 Å². The zero-order valence-corrected chi connectivity index (χ0v) is 6.13. The second-order valence-electron chi connectivity index (χ2n) is 1.58. The molecule has 0 saturated heterocycles. The second-order valence-corrected chi connectivity index (χ2v) is 3.54. The number of nitrogens with zero attached hydrogens (tertiary/aromatic N) is 1. The zero-order valence-electron chi connectivity index (χ0n) is 4.50. The van der Waals surface area contributed by atoms with Crippen molar-refractivity contribution >= 4 is 29.4 Å². The van der Waals surface area contributed by atoms with Gasteiger partial charge in [-0.25, -0.2) is 4.98 Å². The van der Waals surface area contributed by atoms with Crippen LogP contribution in [0.2, 0.25) is 0 Å². The van der Waals surface area contributed by atoms with E-state index in [4.69, 9.17) is 0 Å². The molecule has 1 aromatic rings. The van der Waals surface area contributed by atoms with Gasteiger partial charge in [0.1, 0.15) is 4.21 Å². The van der Waals surface area contributed by atoms with E-state index in [9.17, 15) is 0 Å². The van der Waals surface area contributed by atoms with E-state index in [0.29, 0.717) is 0 Å². The van der Waals surface area contributed by atoms with Crippen molar-refractivity contribution < 1.29 is 0 Å². The van der Waals surface area contributed by atoms with Gasteiger partial charge in [-0.15, -0.1) is 11.3 Å². The van der Waals surface area contributed by atoms with E-state index in [0.717, 1.165) is 5.69 Å². The minimum atomic E-state index is 1.09. The molecule has 2 nitrogen and oxygen atoms in total.